The Hall–Kier alpha value is -0.0800. The van der Waals surface area contributed by atoms with Crippen LogP contribution in [0.25, 0.3) is 0 Å². The fraction of sp³-hybridized carbons (Fsp3) is 1.00. The van der Waals surface area contributed by atoms with E-state index in [2.05, 4.69) is 6.92 Å². The molecular formula is C13H23NO. The molecule has 4 fully saturated rings. The average molecular weight is 209 g/mol. The Morgan fingerprint density at radius 1 is 1.27 bits per heavy atom. The molecule has 2 heteroatoms. The van der Waals surface area contributed by atoms with Crippen molar-refractivity contribution in [2.45, 2.75) is 63.5 Å². The fourth-order valence-electron chi connectivity index (χ4n) is 5.15. The lowest BCUT2D eigenvalue weighted by Crippen LogP contribution is -2.60. The lowest BCUT2D eigenvalue weighted by molar-refractivity contribution is -0.170. The monoisotopic (exact) mass is 209 g/mol. The van der Waals surface area contributed by atoms with Crippen molar-refractivity contribution in [1.82, 2.24) is 0 Å². The van der Waals surface area contributed by atoms with Gasteiger partial charge in [0.1, 0.15) is 0 Å². The summed E-state index contributed by atoms with van der Waals surface area (Å²) in [5, 5.41) is 10.6. The predicted octanol–water partition coefficient (Wildman–Crippen LogP) is 2.06. The van der Waals surface area contributed by atoms with Gasteiger partial charge in [0, 0.05) is 6.04 Å². The third kappa shape index (κ3) is 1.38. The molecule has 2 nitrogen and oxygen atoms in total. The van der Waals surface area contributed by atoms with Crippen LogP contribution in [0.1, 0.15) is 51.9 Å². The SMILES string of the molecule is CC[C@H](N)C12C[C@@H]3C[C@H](CC(O)(C3)C1)C2. The van der Waals surface area contributed by atoms with Crippen molar-refractivity contribution < 1.29 is 5.11 Å². The first kappa shape index (κ1) is 10.1. The molecule has 0 aromatic rings. The largest absolute Gasteiger partial charge is 0.390 e. The average Bonchev–Trinajstić information content (AvgIpc) is 2.12. The fourth-order valence-corrected chi connectivity index (χ4v) is 5.15. The van der Waals surface area contributed by atoms with Gasteiger partial charge < -0.3 is 10.8 Å². The van der Waals surface area contributed by atoms with E-state index in [-0.39, 0.29) is 5.60 Å². The van der Waals surface area contributed by atoms with Crippen molar-refractivity contribution in [3.63, 3.8) is 0 Å². The van der Waals surface area contributed by atoms with Crippen molar-refractivity contribution in [3.8, 4) is 0 Å². The molecule has 0 spiro atoms. The molecule has 4 saturated carbocycles. The molecule has 4 aliphatic rings. The molecule has 0 amide bonds. The highest BCUT2D eigenvalue weighted by Crippen LogP contribution is 2.62. The Morgan fingerprint density at radius 2 is 1.87 bits per heavy atom. The summed E-state index contributed by atoms with van der Waals surface area (Å²) in [6.45, 7) is 2.19. The normalized spacial score (nSPS) is 54.6. The van der Waals surface area contributed by atoms with E-state index in [0.29, 0.717) is 11.5 Å². The summed E-state index contributed by atoms with van der Waals surface area (Å²) in [7, 11) is 0. The number of nitrogens with two attached hydrogens (primary N) is 1. The van der Waals surface area contributed by atoms with Crippen LogP contribution >= 0.6 is 0 Å². The Labute approximate surface area is 92.2 Å². The van der Waals surface area contributed by atoms with Crippen LogP contribution in [0.2, 0.25) is 0 Å². The van der Waals surface area contributed by atoms with Crippen LogP contribution in [0.3, 0.4) is 0 Å². The molecule has 3 N–H and O–H groups in total. The van der Waals surface area contributed by atoms with Crippen molar-refractivity contribution in [3.05, 3.63) is 0 Å². The molecule has 3 atom stereocenters. The summed E-state index contributed by atoms with van der Waals surface area (Å²) in [6.07, 6.45) is 8.11. The van der Waals surface area contributed by atoms with E-state index < -0.39 is 0 Å². The molecule has 0 aliphatic heterocycles. The summed E-state index contributed by atoms with van der Waals surface area (Å²) in [5.41, 5.74) is 6.28. The van der Waals surface area contributed by atoms with Gasteiger partial charge in [-0.15, -0.1) is 0 Å². The van der Waals surface area contributed by atoms with E-state index >= 15 is 0 Å². The van der Waals surface area contributed by atoms with Gasteiger partial charge in [-0.1, -0.05) is 6.92 Å². The highest BCUT2D eigenvalue weighted by molar-refractivity contribution is 5.10. The van der Waals surface area contributed by atoms with Crippen LogP contribution in [-0.2, 0) is 0 Å². The molecule has 0 aromatic heterocycles. The molecule has 0 unspecified atom stereocenters. The van der Waals surface area contributed by atoms with Crippen molar-refractivity contribution >= 4 is 0 Å². The number of rotatable bonds is 2. The zero-order chi connectivity index (χ0) is 10.7. The first-order valence-corrected chi connectivity index (χ1v) is 6.53. The molecule has 15 heavy (non-hydrogen) atoms. The minimum atomic E-state index is -0.336. The third-order valence-corrected chi connectivity index (χ3v) is 5.30. The van der Waals surface area contributed by atoms with Gasteiger partial charge in [-0.05, 0) is 62.2 Å². The molecule has 4 rings (SSSR count). The Kier molecular flexibility index (Phi) is 2.01. The maximum Gasteiger partial charge on any atom is 0.0659 e. The highest BCUT2D eigenvalue weighted by Gasteiger charge is 2.58. The molecule has 0 aromatic carbocycles. The van der Waals surface area contributed by atoms with Crippen molar-refractivity contribution in [2.24, 2.45) is 23.0 Å². The van der Waals surface area contributed by atoms with Crippen LogP contribution in [0.5, 0.6) is 0 Å². The van der Waals surface area contributed by atoms with Gasteiger partial charge in [0.15, 0.2) is 0 Å². The quantitative estimate of drug-likeness (QED) is 0.731. The van der Waals surface area contributed by atoms with E-state index in [0.717, 1.165) is 37.5 Å². The number of aliphatic hydroxyl groups is 1. The molecule has 4 aliphatic carbocycles. The summed E-state index contributed by atoms with van der Waals surface area (Å²) >= 11 is 0. The van der Waals surface area contributed by atoms with Gasteiger partial charge in [0.2, 0.25) is 0 Å². The van der Waals surface area contributed by atoms with E-state index in [1.165, 1.54) is 19.3 Å². The highest BCUT2D eigenvalue weighted by atomic mass is 16.3. The minimum absolute atomic E-state index is 0.299. The second-order valence-corrected chi connectivity index (χ2v) is 6.56. The molecule has 0 saturated heterocycles. The van der Waals surface area contributed by atoms with Gasteiger partial charge in [0.05, 0.1) is 5.60 Å². The zero-order valence-electron chi connectivity index (χ0n) is 9.71. The van der Waals surface area contributed by atoms with E-state index in [4.69, 9.17) is 5.73 Å². The van der Waals surface area contributed by atoms with Gasteiger partial charge >= 0.3 is 0 Å². The number of hydrogen-bond acceptors (Lipinski definition) is 2. The number of hydrogen-bond donors (Lipinski definition) is 2. The van der Waals surface area contributed by atoms with E-state index in [1.807, 2.05) is 0 Å². The Bertz CT molecular complexity index is 262. The van der Waals surface area contributed by atoms with Crippen LogP contribution in [0.15, 0.2) is 0 Å². The van der Waals surface area contributed by atoms with Gasteiger partial charge in [-0.25, -0.2) is 0 Å². The van der Waals surface area contributed by atoms with E-state index in [1.54, 1.807) is 0 Å². The Balaban J connectivity index is 1.92. The second kappa shape index (κ2) is 2.98. The topological polar surface area (TPSA) is 46.2 Å². The first-order valence-electron chi connectivity index (χ1n) is 6.53. The van der Waals surface area contributed by atoms with E-state index in [9.17, 15) is 5.11 Å². The summed E-state index contributed by atoms with van der Waals surface area (Å²) in [5.74, 6) is 1.54. The van der Waals surface area contributed by atoms with Crippen molar-refractivity contribution in [1.29, 1.82) is 0 Å². The lowest BCUT2D eigenvalue weighted by Gasteiger charge is -2.62. The van der Waals surface area contributed by atoms with Crippen LogP contribution < -0.4 is 5.73 Å². The smallest absolute Gasteiger partial charge is 0.0659 e. The minimum Gasteiger partial charge on any atom is -0.390 e. The summed E-state index contributed by atoms with van der Waals surface area (Å²) in [4.78, 5) is 0. The zero-order valence-corrected chi connectivity index (χ0v) is 9.71. The first-order chi connectivity index (χ1) is 7.05. The van der Waals surface area contributed by atoms with Crippen molar-refractivity contribution in [2.75, 3.05) is 0 Å². The van der Waals surface area contributed by atoms with Gasteiger partial charge in [-0.2, -0.15) is 0 Å². The molecule has 4 bridgehead atoms. The summed E-state index contributed by atoms with van der Waals surface area (Å²) in [6, 6.07) is 0.315. The molecular weight excluding hydrogens is 186 g/mol. The molecule has 86 valence electrons. The van der Waals surface area contributed by atoms with Gasteiger partial charge in [-0.3, -0.25) is 0 Å². The molecule has 0 heterocycles. The maximum absolute atomic E-state index is 10.6. The predicted molar refractivity (Wildman–Crippen MR) is 60.3 cm³/mol. The van der Waals surface area contributed by atoms with Crippen LogP contribution in [0, 0.1) is 17.3 Å². The van der Waals surface area contributed by atoms with Gasteiger partial charge in [0.25, 0.3) is 0 Å². The Morgan fingerprint density at radius 3 is 2.33 bits per heavy atom. The van der Waals surface area contributed by atoms with Crippen LogP contribution in [0.4, 0.5) is 0 Å². The molecule has 0 radical (unpaired) electrons. The lowest BCUT2D eigenvalue weighted by atomic mass is 9.46. The third-order valence-electron chi connectivity index (χ3n) is 5.30. The standard InChI is InChI=1S/C13H23NO/c1-2-11(14)12-4-9-3-10(5-12)7-13(15,6-9)8-12/h9-11,15H,2-8,14H2,1H3/t9-,10-,11-,12?,13?/m0/s1. The maximum atomic E-state index is 10.6. The van der Waals surface area contributed by atoms with Crippen LogP contribution in [-0.4, -0.2) is 16.7 Å². The summed E-state index contributed by atoms with van der Waals surface area (Å²) < 4.78 is 0. The second-order valence-electron chi connectivity index (χ2n) is 6.56.